The van der Waals surface area contributed by atoms with Gasteiger partial charge in [-0.2, -0.15) is 13.2 Å². The van der Waals surface area contributed by atoms with E-state index in [9.17, 15) is 13.2 Å². The molecule has 0 aliphatic carbocycles. The lowest BCUT2D eigenvalue weighted by Gasteiger charge is -2.37. The monoisotopic (exact) mass is 345 g/mol. The number of hydrogen-bond donors (Lipinski definition) is 1. The van der Waals surface area contributed by atoms with Crippen LogP contribution in [0.2, 0.25) is 0 Å². The quantitative estimate of drug-likeness (QED) is 0.887. The Bertz CT molecular complexity index is 512. The maximum Gasteiger partial charge on any atom is 0.417 e. The first-order valence-corrected chi connectivity index (χ1v) is 8.21. The Morgan fingerprint density at radius 1 is 1.21 bits per heavy atom. The van der Waals surface area contributed by atoms with E-state index in [0.717, 1.165) is 45.0 Å². The molecule has 2 aliphatic heterocycles. The van der Waals surface area contributed by atoms with Crippen LogP contribution in [0.25, 0.3) is 0 Å². The molecule has 2 aliphatic rings. The number of hydrogen-bond acceptors (Lipinski definition) is 5. The Morgan fingerprint density at radius 2 is 2.00 bits per heavy atom. The molecule has 1 aromatic heterocycles. The van der Waals surface area contributed by atoms with Crippen molar-refractivity contribution >= 4 is 5.82 Å². The zero-order valence-electron chi connectivity index (χ0n) is 13.4. The lowest BCUT2D eigenvalue weighted by Crippen LogP contribution is -2.50. The molecule has 3 rings (SSSR count). The van der Waals surface area contributed by atoms with Gasteiger partial charge in [-0.3, -0.25) is 4.90 Å². The second-order valence-corrected chi connectivity index (χ2v) is 6.15. The average Bonchev–Trinajstić information content (AvgIpc) is 3.10. The van der Waals surface area contributed by atoms with Crippen LogP contribution in [0.15, 0.2) is 18.3 Å². The molecule has 0 aromatic carbocycles. The topological polar surface area (TPSA) is 46.6 Å². The zero-order chi connectivity index (χ0) is 17.0. The van der Waals surface area contributed by atoms with Gasteiger partial charge in [0.25, 0.3) is 0 Å². The van der Waals surface area contributed by atoms with Gasteiger partial charge in [0.05, 0.1) is 25.4 Å². The van der Waals surface area contributed by atoms with Crippen LogP contribution in [0, 0.1) is 5.92 Å². The van der Waals surface area contributed by atoms with Crippen molar-refractivity contribution in [3.8, 4) is 0 Å². The second kappa shape index (κ2) is 7.67. The van der Waals surface area contributed by atoms with E-state index in [2.05, 4.69) is 15.2 Å². The van der Waals surface area contributed by atoms with E-state index in [1.165, 1.54) is 6.07 Å². The number of aromatic nitrogens is 1. The smallest absolute Gasteiger partial charge is 0.381 e. The Morgan fingerprint density at radius 3 is 2.58 bits per heavy atom. The zero-order valence-corrected chi connectivity index (χ0v) is 13.4. The van der Waals surface area contributed by atoms with Crippen LogP contribution < -0.4 is 5.32 Å². The first kappa shape index (κ1) is 17.4. The average molecular weight is 345 g/mol. The van der Waals surface area contributed by atoms with Crippen LogP contribution in [0.5, 0.6) is 0 Å². The van der Waals surface area contributed by atoms with Gasteiger partial charge in [0.2, 0.25) is 0 Å². The van der Waals surface area contributed by atoms with Crippen molar-refractivity contribution in [2.75, 3.05) is 51.4 Å². The lowest BCUT2D eigenvalue weighted by atomic mass is 9.97. The minimum Gasteiger partial charge on any atom is -0.381 e. The third-order valence-electron chi connectivity index (χ3n) is 4.61. The van der Waals surface area contributed by atoms with Crippen molar-refractivity contribution in [3.05, 3.63) is 23.9 Å². The first-order valence-electron chi connectivity index (χ1n) is 8.21. The van der Waals surface area contributed by atoms with E-state index in [1.54, 1.807) is 0 Å². The van der Waals surface area contributed by atoms with E-state index < -0.39 is 11.7 Å². The SMILES string of the molecule is FC(F)(F)c1ccc(NC[C@@H]([C@@H]2CCOC2)N2CCOCC2)nc1. The van der Waals surface area contributed by atoms with Crippen molar-refractivity contribution in [2.24, 2.45) is 5.92 Å². The third-order valence-corrected chi connectivity index (χ3v) is 4.61. The summed E-state index contributed by atoms with van der Waals surface area (Å²) in [5, 5.41) is 3.18. The largest absolute Gasteiger partial charge is 0.417 e. The highest BCUT2D eigenvalue weighted by Crippen LogP contribution is 2.29. The van der Waals surface area contributed by atoms with Crippen LogP contribution in [0.1, 0.15) is 12.0 Å². The highest BCUT2D eigenvalue weighted by atomic mass is 19.4. The first-order chi connectivity index (χ1) is 11.5. The Kier molecular flexibility index (Phi) is 5.57. The van der Waals surface area contributed by atoms with Crippen LogP contribution in [-0.2, 0) is 15.7 Å². The number of morpholine rings is 1. The summed E-state index contributed by atoms with van der Waals surface area (Å²) in [7, 11) is 0. The standard InChI is InChI=1S/C16H22F3N3O2/c17-16(18,19)13-1-2-15(20-9-13)21-10-14(12-3-6-24-11-12)22-4-7-23-8-5-22/h1-2,9,12,14H,3-8,10-11H2,(H,20,21)/t12-,14+/m1/s1. The number of rotatable bonds is 5. The van der Waals surface area contributed by atoms with Gasteiger partial charge in [0.1, 0.15) is 5.82 Å². The number of anilines is 1. The molecule has 1 N–H and O–H groups in total. The molecule has 0 unspecified atom stereocenters. The number of nitrogens with zero attached hydrogens (tertiary/aromatic N) is 2. The van der Waals surface area contributed by atoms with Gasteiger partial charge >= 0.3 is 6.18 Å². The number of pyridine rings is 1. The molecular weight excluding hydrogens is 323 g/mol. The normalized spacial score (nSPS) is 24.0. The molecule has 134 valence electrons. The molecule has 2 saturated heterocycles. The fourth-order valence-electron chi connectivity index (χ4n) is 3.23. The molecule has 1 aromatic rings. The molecule has 2 atom stereocenters. The van der Waals surface area contributed by atoms with Gasteiger partial charge in [-0.05, 0) is 18.6 Å². The van der Waals surface area contributed by atoms with Crippen LogP contribution in [0.4, 0.5) is 19.0 Å². The van der Waals surface area contributed by atoms with E-state index in [-0.39, 0.29) is 6.04 Å². The van der Waals surface area contributed by atoms with Gasteiger partial charge in [0, 0.05) is 44.4 Å². The molecule has 0 spiro atoms. The van der Waals surface area contributed by atoms with E-state index in [4.69, 9.17) is 9.47 Å². The molecule has 3 heterocycles. The Hall–Kier alpha value is -1.38. The Labute approximate surface area is 139 Å². The predicted molar refractivity (Wildman–Crippen MR) is 82.8 cm³/mol. The molecule has 24 heavy (non-hydrogen) atoms. The molecule has 0 amide bonds. The lowest BCUT2D eigenvalue weighted by molar-refractivity contribution is -0.137. The van der Waals surface area contributed by atoms with Crippen molar-refractivity contribution in [1.82, 2.24) is 9.88 Å². The number of nitrogens with one attached hydrogen (secondary N) is 1. The summed E-state index contributed by atoms with van der Waals surface area (Å²) in [6, 6.07) is 2.70. The molecule has 5 nitrogen and oxygen atoms in total. The predicted octanol–water partition coefficient (Wildman–Crippen LogP) is 2.25. The van der Waals surface area contributed by atoms with Gasteiger partial charge in [-0.1, -0.05) is 0 Å². The number of alkyl halides is 3. The van der Waals surface area contributed by atoms with Crippen LogP contribution >= 0.6 is 0 Å². The highest BCUT2D eigenvalue weighted by Gasteiger charge is 2.32. The second-order valence-electron chi connectivity index (χ2n) is 6.15. The molecule has 0 saturated carbocycles. The Balaban J connectivity index is 1.62. The number of ether oxygens (including phenoxy) is 2. The summed E-state index contributed by atoms with van der Waals surface area (Å²) in [6.07, 6.45) is -2.49. The van der Waals surface area contributed by atoms with E-state index >= 15 is 0 Å². The van der Waals surface area contributed by atoms with E-state index in [0.29, 0.717) is 31.5 Å². The summed E-state index contributed by atoms with van der Waals surface area (Å²) in [6.45, 7) is 5.28. The minimum absolute atomic E-state index is 0.264. The molecule has 8 heteroatoms. The van der Waals surface area contributed by atoms with E-state index in [1.807, 2.05) is 0 Å². The van der Waals surface area contributed by atoms with Gasteiger partial charge in [-0.15, -0.1) is 0 Å². The van der Waals surface area contributed by atoms with Gasteiger partial charge in [-0.25, -0.2) is 4.98 Å². The summed E-state index contributed by atoms with van der Waals surface area (Å²) < 4.78 is 48.7. The number of halogens is 3. The van der Waals surface area contributed by atoms with Crippen molar-refractivity contribution in [1.29, 1.82) is 0 Å². The molecular formula is C16H22F3N3O2. The molecule has 0 radical (unpaired) electrons. The summed E-state index contributed by atoms with van der Waals surface area (Å²) >= 11 is 0. The van der Waals surface area contributed by atoms with Crippen LogP contribution in [-0.4, -0.2) is 62.0 Å². The maximum absolute atomic E-state index is 12.6. The minimum atomic E-state index is -4.36. The highest BCUT2D eigenvalue weighted by molar-refractivity contribution is 5.36. The van der Waals surface area contributed by atoms with Gasteiger partial charge < -0.3 is 14.8 Å². The van der Waals surface area contributed by atoms with Crippen molar-refractivity contribution in [3.63, 3.8) is 0 Å². The fourth-order valence-corrected chi connectivity index (χ4v) is 3.23. The molecule has 0 bridgehead atoms. The van der Waals surface area contributed by atoms with Crippen molar-refractivity contribution in [2.45, 2.75) is 18.6 Å². The third kappa shape index (κ3) is 4.37. The molecule has 2 fully saturated rings. The summed E-state index contributed by atoms with van der Waals surface area (Å²) in [5.41, 5.74) is -0.734. The summed E-state index contributed by atoms with van der Waals surface area (Å²) in [5.74, 6) is 0.880. The van der Waals surface area contributed by atoms with Crippen LogP contribution in [0.3, 0.4) is 0 Å². The fraction of sp³-hybridized carbons (Fsp3) is 0.688. The summed E-state index contributed by atoms with van der Waals surface area (Å²) in [4.78, 5) is 6.26. The van der Waals surface area contributed by atoms with Crippen molar-refractivity contribution < 1.29 is 22.6 Å². The maximum atomic E-state index is 12.6. The van der Waals surface area contributed by atoms with Gasteiger partial charge in [0.15, 0.2) is 0 Å².